The van der Waals surface area contributed by atoms with Crippen LogP contribution in [0.25, 0.3) is 0 Å². The molecule has 3 rings (SSSR count). The van der Waals surface area contributed by atoms with Crippen LogP contribution in [-0.4, -0.2) is 61.1 Å². The zero-order chi connectivity index (χ0) is 13.8. The molecular weight excluding hydrogens is 252 g/mol. The molecule has 1 aliphatic carbocycles. The molecule has 2 saturated heterocycles. The number of piperazine rings is 1. The van der Waals surface area contributed by atoms with Crippen LogP contribution in [-0.2, 0) is 9.53 Å². The number of carbonyl (C=O) groups excluding carboxylic acids is 1. The third-order valence-corrected chi connectivity index (χ3v) is 4.79. The second-order valence-corrected chi connectivity index (χ2v) is 6.24. The SMILES string of the molecule is O=C([C@H]1CC=CCC1)N1CCN(C[C@@H]2CCCO2)CC1. The summed E-state index contributed by atoms with van der Waals surface area (Å²) < 4.78 is 5.70. The lowest BCUT2D eigenvalue weighted by atomic mass is 9.93. The van der Waals surface area contributed by atoms with Gasteiger partial charge in [-0.15, -0.1) is 0 Å². The van der Waals surface area contributed by atoms with E-state index in [1.165, 1.54) is 12.8 Å². The minimum Gasteiger partial charge on any atom is -0.377 e. The number of amides is 1. The molecule has 0 spiro atoms. The highest BCUT2D eigenvalue weighted by Crippen LogP contribution is 2.21. The number of nitrogens with zero attached hydrogens (tertiary/aromatic N) is 2. The Balaban J connectivity index is 1.43. The van der Waals surface area contributed by atoms with Gasteiger partial charge in [-0.1, -0.05) is 12.2 Å². The second-order valence-electron chi connectivity index (χ2n) is 6.24. The van der Waals surface area contributed by atoms with E-state index in [1.807, 2.05) is 0 Å². The van der Waals surface area contributed by atoms with Crippen LogP contribution in [0, 0.1) is 5.92 Å². The number of rotatable bonds is 3. The normalized spacial score (nSPS) is 31.7. The van der Waals surface area contributed by atoms with Gasteiger partial charge in [-0.2, -0.15) is 0 Å². The van der Waals surface area contributed by atoms with Gasteiger partial charge in [0.1, 0.15) is 0 Å². The quantitative estimate of drug-likeness (QED) is 0.736. The topological polar surface area (TPSA) is 32.8 Å². The van der Waals surface area contributed by atoms with E-state index in [9.17, 15) is 4.79 Å². The lowest BCUT2D eigenvalue weighted by Crippen LogP contribution is -2.51. The first-order valence-corrected chi connectivity index (χ1v) is 8.10. The molecule has 2 heterocycles. The van der Waals surface area contributed by atoms with Gasteiger partial charge in [0.25, 0.3) is 0 Å². The van der Waals surface area contributed by atoms with Gasteiger partial charge in [0.2, 0.25) is 5.91 Å². The molecule has 0 bridgehead atoms. The minimum atomic E-state index is 0.240. The van der Waals surface area contributed by atoms with Crippen molar-refractivity contribution in [2.24, 2.45) is 5.92 Å². The molecule has 2 atom stereocenters. The summed E-state index contributed by atoms with van der Waals surface area (Å²) in [5, 5.41) is 0. The summed E-state index contributed by atoms with van der Waals surface area (Å²) in [7, 11) is 0. The van der Waals surface area contributed by atoms with Crippen molar-refractivity contribution in [1.29, 1.82) is 0 Å². The molecular formula is C16H26N2O2. The van der Waals surface area contributed by atoms with Crippen LogP contribution >= 0.6 is 0 Å². The summed E-state index contributed by atoms with van der Waals surface area (Å²) in [5.41, 5.74) is 0. The second kappa shape index (κ2) is 6.72. The number of allylic oxidation sites excluding steroid dienone is 2. The predicted octanol–water partition coefficient (Wildman–Crippen LogP) is 1.67. The van der Waals surface area contributed by atoms with Crippen LogP contribution in [0.1, 0.15) is 32.1 Å². The molecule has 0 aromatic rings. The molecule has 0 aromatic carbocycles. The van der Waals surface area contributed by atoms with Crippen LogP contribution in [0.5, 0.6) is 0 Å². The molecule has 0 saturated carbocycles. The van der Waals surface area contributed by atoms with Crippen molar-refractivity contribution in [1.82, 2.24) is 9.80 Å². The molecule has 2 fully saturated rings. The van der Waals surface area contributed by atoms with E-state index < -0.39 is 0 Å². The van der Waals surface area contributed by atoms with Gasteiger partial charge in [-0.25, -0.2) is 0 Å². The van der Waals surface area contributed by atoms with Crippen molar-refractivity contribution >= 4 is 5.91 Å². The Morgan fingerprint density at radius 1 is 1.15 bits per heavy atom. The fourth-order valence-electron chi connectivity index (χ4n) is 3.50. The van der Waals surface area contributed by atoms with E-state index in [-0.39, 0.29) is 5.92 Å². The van der Waals surface area contributed by atoms with Crippen LogP contribution < -0.4 is 0 Å². The standard InChI is InChI=1S/C16H26N2O2/c19-16(14-5-2-1-3-6-14)18-10-8-17(9-11-18)13-15-7-4-12-20-15/h1-2,14-15H,3-13H2/t14-,15-/m0/s1. The van der Waals surface area contributed by atoms with Gasteiger partial charge in [-0.3, -0.25) is 9.69 Å². The summed E-state index contributed by atoms with van der Waals surface area (Å²) in [6.45, 7) is 5.78. The van der Waals surface area contributed by atoms with Crippen LogP contribution in [0.2, 0.25) is 0 Å². The smallest absolute Gasteiger partial charge is 0.226 e. The maximum absolute atomic E-state index is 12.5. The Hall–Kier alpha value is -0.870. The van der Waals surface area contributed by atoms with Gasteiger partial charge < -0.3 is 9.64 Å². The van der Waals surface area contributed by atoms with Crippen LogP contribution in [0.15, 0.2) is 12.2 Å². The molecule has 0 aromatic heterocycles. The number of ether oxygens (including phenoxy) is 1. The molecule has 20 heavy (non-hydrogen) atoms. The van der Waals surface area contributed by atoms with E-state index in [4.69, 9.17) is 4.74 Å². The fraction of sp³-hybridized carbons (Fsp3) is 0.812. The Morgan fingerprint density at radius 2 is 2.00 bits per heavy atom. The Kier molecular flexibility index (Phi) is 4.73. The zero-order valence-corrected chi connectivity index (χ0v) is 12.3. The maximum Gasteiger partial charge on any atom is 0.226 e. The molecule has 3 aliphatic rings. The average molecular weight is 278 g/mol. The first kappa shape index (κ1) is 14.1. The van der Waals surface area contributed by atoms with Gasteiger partial charge in [0.15, 0.2) is 0 Å². The third kappa shape index (κ3) is 3.41. The summed E-state index contributed by atoms with van der Waals surface area (Å²) in [6, 6.07) is 0. The minimum absolute atomic E-state index is 0.240. The maximum atomic E-state index is 12.5. The lowest BCUT2D eigenvalue weighted by molar-refractivity contribution is -0.137. The molecule has 4 heteroatoms. The summed E-state index contributed by atoms with van der Waals surface area (Å²) >= 11 is 0. The van der Waals surface area contributed by atoms with E-state index in [0.29, 0.717) is 12.0 Å². The van der Waals surface area contributed by atoms with Crippen molar-refractivity contribution in [2.75, 3.05) is 39.3 Å². The summed E-state index contributed by atoms with van der Waals surface area (Å²) in [4.78, 5) is 17.0. The largest absolute Gasteiger partial charge is 0.377 e. The number of hydrogen-bond acceptors (Lipinski definition) is 3. The van der Waals surface area contributed by atoms with Crippen molar-refractivity contribution in [3.05, 3.63) is 12.2 Å². The highest BCUT2D eigenvalue weighted by molar-refractivity contribution is 5.79. The van der Waals surface area contributed by atoms with Crippen molar-refractivity contribution in [2.45, 2.75) is 38.2 Å². The highest BCUT2D eigenvalue weighted by atomic mass is 16.5. The van der Waals surface area contributed by atoms with Crippen molar-refractivity contribution in [3.63, 3.8) is 0 Å². The molecule has 2 aliphatic heterocycles. The first-order chi connectivity index (χ1) is 9.83. The van der Waals surface area contributed by atoms with Gasteiger partial charge in [0, 0.05) is 45.2 Å². The van der Waals surface area contributed by atoms with Gasteiger partial charge >= 0.3 is 0 Å². The van der Waals surface area contributed by atoms with Crippen LogP contribution in [0.4, 0.5) is 0 Å². The van der Waals surface area contributed by atoms with E-state index >= 15 is 0 Å². The van der Waals surface area contributed by atoms with Crippen molar-refractivity contribution < 1.29 is 9.53 Å². The Morgan fingerprint density at radius 3 is 2.65 bits per heavy atom. The zero-order valence-electron chi connectivity index (χ0n) is 12.3. The van der Waals surface area contributed by atoms with Crippen LogP contribution in [0.3, 0.4) is 0 Å². The van der Waals surface area contributed by atoms with E-state index in [0.717, 1.165) is 58.6 Å². The van der Waals surface area contributed by atoms with Gasteiger partial charge in [-0.05, 0) is 32.1 Å². The average Bonchev–Trinajstić information content (AvgIpc) is 3.01. The molecule has 0 unspecified atom stereocenters. The Bertz CT molecular complexity index is 355. The lowest BCUT2D eigenvalue weighted by Gasteiger charge is -2.37. The van der Waals surface area contributed by atoms with E-state index in [2.05, 4.69) is 22.0 Å². The predicted molar refractivity (Wildman–Crippen MR) is 78.5 cm³/mol. The summed E-state index contributed by atoms with van der Waals surface area (Å²) in [6.07, 6.45) is 10.2. The van der Waals surface area contributed by atoms with Crippen molar-refractivity contribution in [3.8, 4) is 0 Å². The molecule has 112 valence electrons. The fourth-order valence-corrected chi connectivity index (χ4v) is 3.50. The third-order valence-electron chi connectivity index (χ3n) is 4.79. The molecule has 0 N–H and O–H groups in total. The monoisotopic (exact) mass is 278 g/mol. The summed E-state index contributed by atoms with van der Waals surface area (Å²) in [5.74, 6) is 0.621. The first-order valence-electron chi connectivity index (χ1n) is 8.10. The molecule has 1 amide bonds. The molecule has 4 nitrogen and oxygen atoms in total. The number of hydrogen-bond donors (Lipinski definition) is 0. The highest BCUT2D eigenvalue weighted by Gasteiger charge is 2.28. The number of carbonyl (C=O) groups is 1. The molecule has 0 radical (unpaired) electrons. The van der Waals surface area contributed by atoms with E-state index in [1.54, 1.807) is 0 Å². The van der Waals surface area contributed by atoms with Gasteiger partial charge in [0.05, 0.1) is 6.10 Å². The Labute approximate surface area is 121 Å².